The van der Waals surface area contributed by atoms with Crippen LogP contribution in [0.5, 0.6) is 0 Å². The van der Waals surface area contributed by atoms with Crippen LogP contribution in [-0.2, 0) is 14.8 Å². The predicted octanol–water partition coefficient (Wildman–Crippen LogP) is 1.73. The molecule has 1 saturated carbocycles. The molecule has 0 radical (unpaired) electrons. The van der Waals surface area contributed by atoms with Crippen molar-refractivity contribution in [3.63, 3.8) is 0 Å². The Hall–Kier alpha value is -1.48. The molecule has 134 valence electrons. The van der Waals surface area contributed by atoms with Crippen LogP contribution >= 0.6 is 0 Å². The molecule has 2 fully saturated rings. The molecule has 0 aromatic carbocycles. The number of sulfonamides is 1. The van der Waals surface area contributed by atoms with Crippen molar-refractivity contribution in [2.45, 2.75) is 50.9 Å². The lowest BCUT2D eigenvalue weighted by molar-refractivity contribution is -0.121. The Morgan fingerprint density at radius 1 is 1.17 bits per heavy atom. The Morgan fingerprint density at radius 3 is 2.62 bits per heavy atom. The lowest BCUT2D eigenvalue weighted by Crippen LogP contribution is -2.43. The highest BCUT2D eigenvalue weighted by molar-refractivity contribution is 7.88. The van der Waals surface area contributed by atoms with Crippen molar-refractivity contribution >= 4 is 21.9 Å². The predicted molar refractivity (Wildman–Crippen MR) is 87.9 cm³/mol. The van der Waals surface area contributed by atoms with Crippen LogP contribution in [-0.4, -0.2) is 48.2 Å². The zero-order valence-electron chi connectivity index (χ0n) is 13.9. The highest BCUT2D eigenvalue weighted by Crippen LogP contribution is 2.32. The van der Waals surface area contributed by atoms with Gasteiger partial charge in [0.2, 0.25) is 21.8 Å². The fourth-order valence-corrected chi connectivity index (χ4v) is 4.38. The van der Waals surface area contributed by atoms with E-state index >= 15 is 0 Å². The standard InChI is InChI=1S/C15H24N4O4S/c1-24(21,22)19-9-5-8-12(10-19)13(20)16-15-18-17-14(23-15)11-6-3-2-4-7-11/h11-12H,2-10H2,1H3,(H,16,18,20). The van der Waals surface area contributed by atoms with E-state index in [1.54, 1.807) is 0 Å². The third-order valence-electron chi connectivity index (χ3n) is 4.85. The molecule has 2 aliphatic rings. The van der Waals surface area contributed by atoms with E-state index in [9.17, 15) is 13.2 Å². The van der Waals surface area contributed by atoms with Crippen molar-refractivity contribution in [3.05, 3.63) is 5.89 Å². The highest BCUT2D eigenvalue weighted by atomic mass is 32.2. The van der Waals surface area contributed by atoms with Crippen molar-refractivity contribution in [3.8, 4) is 0 Å². The Morgan fingerprint density at radius 2 is 1.92 bits per heavy atom. The molecule has 9 heteroatoms. The van der Waals surface area contributed by atoms with Gasteiger partial charge in [0.15, 0.2) is 0 Å². The molecular weight excluding hydrogens is 332 g/mol. The van der Waals surface area contributed by atoms with Gasteiger partial charge in [-0.2, -0.15) is 0 Å². The quantitative estimate of drug-likeness (QED) is 0.881. The van der Waals surface area contributed by atoms with Gasteiger partial charge in [0.05, 0.1) is 12.2 Å². The second kappa shape index (κ2) is 7.18. The smallest absolute Gasteiger partial charge is 0.322 e. The molecule has 1 amide bonds. The van der Waals surface area contributed by atoms with Crippen LogP contribution in [0.4, 0.5) is 6.01 Å². The third kappa shape index (κ3) is 4.13. The Balaban J connectivity index is 1.59. The minimum atomic E-state index is -3.27. The summed E-state index contributed by atoms with van der Waals surface area (Å²) in [6, 6.07) is 0.108. The van der Waals surface area contributed by atoms with Gasteiger partial charge >= 0.3 is 6.01 Å². The molecule has 1 aromatic rings. The summed E-state index contributed by atoms with van der Waals surface area (Å²) in [5, 5.41) is 10.6. The van der Waals surface area contributed by atoms with Gasteiger partial charge in [-0.3, -0.25) is 10.1 Å². The van der Waals surface area contributed by atoms with Gasteiger partial charge in [0, 0.05) is 19.0 Å². The fraction of sp³-hybridized carbons (Fsp3) is 0.800. The summed E-state index contributed by atoms with van der Waals surface area (Å²) >= 11 is 0. The van der Waals surface area contributed by atoms with Gasteiger partial charge in [-0.25, -0.2) is 12.7 Å². The highest BCUT2D eigenvalue weighted by Gasteiger charge is 2.31. The van der Waals surface area contributed by atoms with Crippen molar-refractivity contribution in [2.75, 3.05) is 24.7 Å². The largest absolute Gasteiger partial charge is 0.408 e. The van der Waals surface area contributed by atoms with Crippen molar-refractivity contribution in [1.29, 1.82) is 0 Å². The van der Waals surface area contributed by atoms with Crippen LogP contribution in [0, 0.1) is 5.92 Å². The molecule has 1 aliphatic heterocycles. The number of rotatable bonds is 4. The minimum absolute atomic E-state index is 0.108. The first kappa shape index (κ1) is 17.3. The van der Waals surface area contributed by atoms with E-state index in [0.29, 0.717) is 25.3 Å². The summed E-state index contributed by atoms with van der Waals surface area (Å²) < 4.78 is 30.2. The SMILES string of the molecule is CS(=O)(=O)N1CCCC(C(=O)Nc2nnc(C3CCCCC3)o2)C1. The number of piperidine rings is 1. The molecule has 8 nitrogen and oxygen atoms in total. The number of carbonyl (C=O) groups is 1. The van der Waals surface area contributed by atoms with Gasteiger partial charge in [-0.15, -0.1) is 5.10 Å². The Bertz CT molecular complexity index is 681. The molecule has 3 rings (SSSR count). The van der Waals surface area contributed by atoms with E-state index in [-0.39, 0.29) is 24.4 Å². The fourth-order valence-electron chi connectivity index (χ4n) is 3.46. The topological polar surface area (TPSA) is 105 Å². The number of hydrogen-bond acceptors (Lipinski definition) is 6. The van der Waals surface area contributed by atoms with E-state index in [0.717, 1.165) is 25.7 Å². The van der Waals surface area contributed by atoms with E-state index < -0.39 is 15.9 Å². The van der Waals surface area contributed by atoms with E-state index in [4.69, 9.17) is 4.42 Å². The van der Waals surface area contributed by atoms with Crippen LogP contribution in [0.3, 0.4) is 0 Å². The molecule has 0 bridgehead atoms. The van der Waals surface area contributed by atoms with Crippen LogP contribution in [0.15, 0.2) is 4.42 Å². The second-order valence-corrected chi connectivity index (χ2v) is 8.71. The lowest BCUT2D eigenvalue weighted by atomic mass is 9.89. The number of anilines is 1. The molecule has 1 aliphatic carbocycles. The number of amides is 1. The van der Waals surface area contributed by atoms with E-state index in [1.165, 1.54) is 17.0 Å². The maximum Gasteiger partial charge on any atom is 0.322 e. The molecule has 1 aromatic heterocycles. The molecule has 2 heterocycles. The first-order chi connectivity index (χ1) is 11.4. The number of aromatic nitrogens is 2. The summed E-state index contributed by atoms with van der Waals surface area (Å²) in [4.78, 5) is 12.4. The van der Waals surface area contributed by atoms with Crippen molar-refractivity contribution < 1.29 is 17.6 Å². The maximum atomic E-state index is 12.4. The molecule has 0 spiro atoms. The van der Waals surface area contributed by atoms with Gasteiger partial charge in [-0.1, -0.05) is 24.4 Å². The average Bonchev–Trinajstić information content (AvgIpc) is 3.03. The van der Waals surface area contributed by atoms with E-state index in [1.807, 2.05) is 0 Å². The zero-order valence-corrected chi connectivity index (χ0v) is 14.7. The van der Waals surface area contributed by atoms with Crippen molar-refractivity contribution in [2.24, 2.45) is 5.92 Å². The number of nitrogens with one attached hydrogen (secondary N) is 1. The Kier molecular flexibility index (Phi) is 5.19. The lowest BCUT2D eigenvalue weighted by Gasteiger charge is -2.29. The van der Waals surface area contributed by atoms with Gasteiger partial charge in [0.1, 0.15) is 0 Å². The molecule has 1 unspecified atom stereocenters. The molecule has 24 heavy (non-hydrogen) atoms. The van der Waals surface area contributed by atoms with E-state index in [2.05, 4.69) is 15.5 Å². The third-order valence-corrected chi connectivity index (χ3v) is 6.12. The first-order valence-corrected chi connectivity index (χ1v) is 10.4. The number of hydrogen-bond donors (Lipinski definition) is 1. The zero-order chi connectivity index (χ0) is 17.2. The monoisotopic (exact) mass is 356 g/mol. The molecule has 1 atom stereocenters. The summed E-state index contributed by atoms with van der Waals surface area (Å²) in [6.45, 7) is 0.670. The van der Waals surface area contributed by atoms with Crippen LogP contribution < -0.4 is 5.32 Å². The summed E-state index contributed by atoms with van der Waals surface area (Å²) in [5.41, 5.74) is 0. The normalized spacial score (nSPS) is 24.0. The minimum Gasteiger partial charge on any atom is -0.408 e. The summed E-state index contributed by atoms with van der Waals surface area (Å²) in [6.07, 6.45) is 8.15. The maximum absolute atomic E-state index is 12.4. The first-order valence-electron chi connectivity index (χ1n) is 8.53. The van der Waals surface area contributed by atoms with Gasteiger partial charge in [0.25, 0.3) is 0 Å². The molecule has 1 N–H and O–H groups in total. The number of carbonyl (C=O) groups excluding carboxylic acids is 1. The van der Waals surface area contributed by atoms with Gasteiger partial charge < -0.3 is 4.42 Å². The van der Waals surface area contributed by atoms with Gasteiger partial charge in [-0.05, 0) is 25.7 Å². The second-order valence-electron chi connectivity index (χ2n) is 6.73. The van der Waals surface area contributed by atoms with Crippen molar-refractivity contribution in [1.82, 2.24) is 14.5 Å². The van der Waals surface area contributed by atoms with Crippen LogP contribution in [0.25, 0.3) is 0 Å². The molecule has 1 saturated heterocycles. The molecular formula is C15H24N4O4S. The van der Waals surface area contributed by atoms with Crippen LogP contribution in [0.1, 0.15) is 56.8 Å². The Labute approximate surface area is 142 Å². The summed E-state index contributed by atoms with van der Waals surface area (Å²) in [7, 11) is -3.27. The summed E-state index contributed by atoms with van der Waals surface area (Å²) in [5.74, 6) is 0.222. The number of nitrogens with zero attached hydrogens (tertiary/aromatic N) is 3. The van der Waals surface area contributed by atoms with Crippen LogP contribution in [0.2, 0.25) is 0 Å². The average molecular weight is 356 g/mol.